The molecule has 1 aromatic carbocycles. The second kappa shape index (κ2) is 6.44. The second-order valence-corrected chi connectivity index (χ2v) is 5.08. The minimum atomic E-state index is -6.12. The van der Waals surface area contributed by atoms with Crippen LogP contribution in [-0.2, 0) is 18.3 Å². The van der Waals surface area contributed by atoms with Crippen LogP contribution in [0.15, 0.2) is 18.2 Å². The molecule has 0 aliphatic carbocycles. The summed E-state index contributed by atoms with van der Waals surface area (Å²) in [5, 5.41) is 0. The molecule has 0 heterocycles. The lowest BCUT2D eigenvalue weighted by molar-refractivity contribution is -0.292. The Morgan fingerprint density at radius 1 is 0.708 bits per heavy atom. The molecule has 0 spiro atoms. The molecule has 1 aromatic rings. The van der Waals surface area contributed by atoms with E-state index in [1.54, 1.807) is 0 Å². The predicted octanol–water partition coefficient (Wildman–Crippen LogP) is 6.34. The first-order chi connectivity index (χ1) is 10.7. The SMILES string of the molecule is CCCCc1c(C(F)(F)C(F)(F)F)cccc1C(F)(F)C(F)(F)F. The Morgan fingerprint density at radius 2 is 1.08 bits per heavy atom. The van der Waals surface area contributed by atoms with Gasteiger partial charge in [0.1, 0.15) is 0 Å². The Hall–Kier alpha value is -1.48. The van der Waals surface area contributed by atoms with E-state index in [1.165, 1.54) is 6.92 Å². The Bertz CT molecular complexity index is 524. The van der Waals surface area contributed by atoms with E-state index in [2.05, 4.69) is 0 Å². The van der Waals surface area contributed by atoms with Crippen molar-refractivity contribution in [1.82, 2.24) is 0 Å². The number of hydrogen-bond acceptors (Lipinski definition) is 0. The summed E-state index contributed by atoms with van der Waals surface area (Å²) >= 11 is 0. The van der Waals surface area contributed by atoms with E-state index in [9.17, 15) is 43.9 Å². The van der Waals surface area contributed by atoms with E-state index in [-0.39, 0.29) is 25.0 Å². The number of rotatable bonds is 5. The summed E-state index contributed by atoms with van der Waals surface area (Å²) in [6.45, 7) is 1.48. The molecule has 0 aliphatic rings. The first-order valence-corrected chi connectivity index (χ1v) is 6.69. The predicted molar refractivity (Wildman–Crippen MR) is 65.0 cm³/mol. The van der Waals surface area contributed by atoms with Crippen LogP contribution in [0.4, 0.5) is 43.9 Å². The molecule has 0 aromatic heterocycles. The molecule has 0 unspecified atom stereocenters. The molecular weight excluding hydrogens is 358 g/mol. The fourth-order valence-electron chi connectivity index (χ4n) is 2.10. The van der Waals surface area contributed by atoms with Gasteiger partial charge in [-0.15, -0.1) is 0 Å². The van der Waals surface area contributed by atoms with Crippen LogP contribution in [0.1, 0.15) is 36.5 Å². The van der Waals surface area contributed by atoms with Gasteiger partial charge in [-0.25, -0.2) is 0 Å². The van der Waals surface area contributed by atoms with Crippen molar-refractivity contribution in [1.29, 1.82) is 0 Å². The van der Waals surface area contributed by atoms with Gasteiger partial charge in [-0.2, -0.15) is 43.9 Å². The van der Waals surface area contributed by atoms with Gasteiger partial charge in [0.15, 0.2) is 0 Å². The van der Waals surface area contributed by atoms with Crippen LogP contribution in [0, 0.1) is 0 Å². The highest BCUT2D eigenvalue weighted by Gasteiger charge is 2.63. The molecule has 0 saturated carbocycles. The molecule has 0 radical (unpaired) electrons. The normalized spacial score (nSPS) is 14.1. The summed E-state index contributed by atoms with van der Waals surface area (Å²) in [5.41, 5.74) is -5.10. The molecule has 0 fully saturated rings. The maximum Gasteiger partial charge on any atom is 0.458 e. The molecule has 0 atom stereocenters. The number of hydrogen-bond donors (Lipinski definition) is 0. The molecule has 0 bridgehead atoms. The van der Waals surface area contributed by atoms with Gasteiger partial charge < -0.3 is 0 Å². The summed E-state index contributed by atoms with van der Waals surface area (Å²) in [5.74, 6) is -11.1. The van der Waals surface area contributed by atoms with Crippen LogP contribution in [0.5, 0.6) is 0 Å². The van der Waals surface area contributed by atoms with Gasteiger partial charge >= 0.3 is 24.2 Å². The maximum absolute atomic E-state index is 13.6. The lowest BCUT2D eigenvalue weighted by Gasteiger charge is -2.27. The first kappa shape index (κ1) is 20.6. The van der Waals surface area contributed by atoms with Gasteiger partial charge in [0, 0.05) is 11.1 Å². The molecule has 24 heavy (non-hydrogen) atoms. The standard InChI is InChI=1S/C14H12F10/c1-2-3-5-8-9(11(15,16)13(19,20)21)6-4-7-10(8)12(17,18)14(22,23)24/h4,6-7H,2-3,5H2,1H3. The van der Waals surface area contributed by atoms with E-state index in [1.807, 2.05) is 0 Å². The van der Waals surface area contributed by atoms with Crippen LogP contribution in [-0.4, -0.2) is 12.4 Å². The zero-order valence-corrected chi connectivity index (χ0v) is 12.1. The zero-order valence-electron chi connectivity index (χ0n) is 12.1. The van der Waals surface area contributed by atoms with Crippen LogP contribution in [0.2, 0.25) is 0 Å². The van der Waals surface area contributed by atoms with Crippen molar-refractivity contribution in [2.24, 2.45) is 0 Å². The molecule has 0 amide bonds. The van der Waals surface area contributed by atoms with Crippen molar-refractivity contribution in [3.8, 4) is 0 Å². The summed E-state index contributed by atoms with van der Waals surface area (Å²) in [7, 11) is 0. The van der Waals surface area contributed by atoms with Gasteiger partial charge in [-0.3, -0.25) is 0 Å². The van der Waals surface area contributed by atoms with Gasteiger partial charge in [0.2, 0.25) is 0 Å². The van der Waals surface area contributed by atoms with Crippen molar-refractivity contribution in [3.05, 3.63) is 34.9 Å². The minimum Gasteiger partial charge on any atom is -0.191 e. The highest BCUT2D eigenvalue weighted by molar-refractivity contribution is 5.42. The smallest absolute Gasteiger partial charge is 0.191 e. The summed E-state index contributed by atoms with van der Waals surface area (Å²) < 4.78 is 129. The summed E-state index contributed by atoms with van der Waals surface area (Å²) in [4.78, 5) is 0. The molecular formula is C14H12F10. The third-order valence-electron chi connectivity index (χ3n) is 3.34. The van der Waals surface area contributed by atoms with Gasteiger partial charge in [-0.05, 0) is 18.4 Å². The van der Waals surface area contributed by atoms with Crippen molar-refractivity contribution < 1.29 is 43.9 Å². The van der Waals surface area contributed by atoms with Gasteiger partial charge in [0.25, 0.3) is 0 Å². The minimum absolute atomic E-state index is 0.133. The molecule has 0 N–H and O–H groups in total. The highest BCUT2D eigenvalue weighted by Crippen LogP contribution is 2.50. The third-order valence-corrected chi connectivity index (χ3v) is 3.34. The molecule has 10 heteroatoms. The summed E-state index contributed by atoms with van der Waals surface area (Å²) in [6, 6.07) is 0.766. The third kappa shape index (κ3) is 3.61. The Labute approximate surface area is 130 Å². The van der Waals surface area contributed by atoms with E-state index >= 15 is 0 Å². The Kier molecular flexibility index (Phi) is 5.52. The van der Waals surface area contributed by atoms with Gasteiger partial charge in [-0.1, -0.05) is 31.5 Å². The molecule has 1 rings (SSSR count). The largest absolute Gasteiger partial charge is 0.458 e. The summed E-state index contributed by atoms with van der Waals surface area (Å²) in [6.07, 6.45) is -13.0. The number of alkyl halides is 10. The fourth-order valence-corrected chi connectivity index (χ4v) is 2.10. The monoisotopic (exact) mass is 370 g/mol. The molecule has 138 valence electrons. The maximum atomic E-state index is 13.6. The Balaban J connectivity index is 3.68. The van der Waals surface area contributed by atoms with Crippen molar-refractivity contribution >= 4 is 0 Å². The van der Waals surface area contributed by atoms with Crippen molar-refractivity contribution in [2.45, 2.75) is 50.4 Å². The van der Waals surface area contributed by atoms with E-state index in [4.69, 9.17) is 0 Å². The second-order valence-electron chi connectivity index (χ2n) is 5.08. The lowest BCUT2D eigenvalue weighted by atomic mass is 9.89. The topological polar surface area (TPSA) is 0 Å². The van der Waals surface area contributed by atoms with Gasteiger partial charge in [0.05, 0.1) is 0 Å². The lowest BCUT2D eigenvalue weighted by Crippen LogP contribution is -2.38. The van der Waals surface area contributed by atoms with Crippen molar-refractivity contribution in [2.75, 3.05) is 0 Å². The van der Waals surface area contributed by atoms with Crippen LogP contribution < -0.4 is 0 Å². The van der Waals surface area contributed by atoms with Crippen LogP contribution in [0.3, 0.4) is 0 Å². The quantitative estimate of drug-likeness (QED) is 0.531. The number of benzene rings is 1. The van der Waals surface area contributed by atoms with Crippen LogP contribution >= 0.6 is 0 Å². The van der Waals surface area contributed by atoms with E-state index in [0.717, 1.165) is 0 Å². The highest BCUT2D eigenvalue weighted by atomic mass is 19.4. The first-order valence-electron chi connectivity index (χ1n) is 6.69. The number of unbranched alkanes of at least 4 members (excludes halogenated alkanes) is 1. The number of halogens is 10. The molecule has 0 aliphatic heterocycles. The zero-order chi connectivity index (χ0) is 19.0. The fraction of sp³-hybridized carbons (Fsp3) is 0.571. The van der Waals surface area contributed by atoms with Crippen LogP contribution in [0.25, 0.3) is 0 Å². The van der Waals surface area contributed by atoms with E-state index in [0.29, 0.717) is 6.07 Å². The molecule has 0 saturated heterocycles. The van der Waals surface area contributed by atoms with Crippen molar-refractivity contribution in [3.63, 3.8) is 0 Å². The average Bonchev–Trinajstić information content (AvgIpc) is 2.42. The van der Waals surface area contributed by atoms with E-state index < -0.39 is 47.3 Å². The Morgan fingerprint density at radius 3 is 1.38 bits per heavy atom. The average molecular weight is 370 g/mol. The molecule has 0 nitrogen and oxygen atoms in total.